The lowest BCUT2D eigenvalue weighted by Crippen LogP contribution is -2.74. The van der Waals surface area contributed by atoms with Gasteiger partial charge in [-0.1, -0.05) is 19.3 Å². The maximum absolute atomic E-state index is 14.2. The number of halogens is 4. The van der Waals surface area contributed by atoms with Crippen LogP contribution in [0.5, 0.6) is 0 Å². The third kappa shape index (κ3) is 2.63. The zero-order chi connectivity index (χ0) is 22.8. The number of fused-ring (bicyclic) bond motifs is 1. The number of hydrogen-bond donors (Lipinski definition) is 1. The molecule has 1 unspecified atom stereocenters. The van der Waals surface area contributed by atoms with Gasteiger partial charge in [-0.3, -0.25) is 29.4 Å². The highest BCUT2D eigenvalue weighted by atomic mass is 19.2. The van der Waals surface area contributed by atoms with Crippen molar-refractivity contribution in [2.45, 2.75) is 50.6 Å². The number of benzene rings is 1. The van der Waals surface area contributed by atoms with Gasteiger partial charge < -0.3 is 0 Å². The van der Waals surface area contributed by atoms with Gasteiger partial charge in [0, 0.05) is 6.04 Å². The van der Waals surface area contributed by atoms with Crippen LogP contribution < -0.4 is 5.32 Å². The van der Waals surface area contributed by atoms with Gasteiger partial charge in [-0.2, -0.15) is 0 Å². The predicted molar refractivity (Wildman–Crippen MR) is 92.4 cm³/mol. The third-order valence-corrected chi connectivity index (χ3v) is 6.00. The summed E-state index contributed by atoms with van der Waals surface area (Å²) < 4.78 is 55.8. The van der Waals surface area contributed by atoms with Crippen LogP contribution in [0, 0.1) is 23.3 Å². The lowest BCUT2D eigenvalue weighted by molar-refractivity contribution is -0.151. The minimum Gasteiger partial charge on any atom is -0.275 e. The Morgan fingerprint density at radius 3 is 1.77 bits per heavy atom. The molecule has 2 aliphatic heterocycles. The summed E-state index contributed by atoms with van der Waals surface area (Å²) in [5.41, 5.74) is -5.56. The molecule has 2 heterocycles. The Balaban J connectivity index is 1.83. The standard InChI is InChI=1S/C19H15F4N3O5/c1-19(16(29)24-18(31)25(17(19)30)7-5-3-2-4-6-7)26-14(27)8-9(15(26)28)11(21)13(23)12(22)10(8)20/h7H,2-6H2,1H3,(H,24,29,31). The van der Waals surface area contributed by atoms with Gasteiger partial charge in [0.15, 0.2) is 23.3 Å². The summed E-state index contributed by atoms with van der Waals surface area (Å²) in [5.74, 6) is -14.9. The molecule has 164 valence electrons. The first-order chi connectivity index (χ1) is 14.5. The summed E-state index contributed by atoms with van der Waals surface area (Å²) in [5, 5.41) is 1.89. The average molecular weight is 441 g/mol. The second kappa shape index (κ2) is 6.86. The van der Waals surface area contributed by atoms with Gasteiger partial charge >= 0.3 is 6.03 Å². The molecule has 6 amide bonds. The van der Waals surface area contributed by atoms with Gasteiger partial charge in [0.25, 0.3) is 23.6 Å². The van der Waals surface area contributed by atoms with Crippen LogP contribution in [-0.2, 0) is 9.59 Å². The van der Waals surface area contributed by atoms with Gasteiger partial charge in [0.1, 0.15) is 0 Å². The van der Waals surface area contributed by atoms with Crippen molar-refractivity contribution in [2.75, 3.05) is 0 Å². The molecule has 1 aromatic carbocycles. The quantitative estimate of drug-likeness (QED) is 0.249. The topological polar surface area (TPSA) is 104 Å². The number of nitrogens with zero attached hydrogens (tertiary/aromatic N) is 2. The minimum absolute atomic E-state index is 0.0529. The Hall–Kier alpha value is -3.31. The lowest BCUT2D eigenvalue weighted by Gasteiger charge is -2.44. The number of barbiturate groups is 1. The van der Waals surface area contributed by atoms with E-state index in [9.17, 15) is 41.5 Å². The number of nitrogens with one attached hydrogen (secondary N) is 1. The van der Waals surface area contributed by atoms with Crippen molar-refractivity contribution in [3.05, 3.63) is 34.4 Å². The van der Waals surface area contributed by atoms with E-state index in [1.54, 1.807) is 0 Å². The average Bonchev–Trinajstić information content (AvgIpc) is 3.00. The van der Waals surface area contributed by atoms with Gasteiger partial charge in [0.2, 0.25) is 5.54 Å². The normalized spacial score (nSPS) is 24.7. The molecule has 4 rings (SSSR count). The molecule has 1 saturated heterocycles. The van der Waals surface area contributed by atoms with Gasteiger partial charge in [-0.15, -0.1) is 0 Å². The highest BCUT2D eigenvalue weighted by Gasteiger charge is 2.62. The number of urea groups is 1. The molecule has 3 aliphatic rings. The first kappa shape index (κ1) is 20.9. The molecule has 8 nitrogen and oxygen atoms in total. The number of amides is 6. The lowest BCUT2D eigenvalue weighted by atomic mass is 9.89. The zero-order valence-electron chi connectivity index (χ0n) is 16.1. The van der Waals surface area contributed by atoms with Crippen molar-refractivity contribution in [1.82, 2.24) is 15.1 Å². The molecule has 2 fully saturated rings. The first-order valence-corrected chi connectivity index (χ1v) is 9.47. The largest absolute Gasteiger partial charge is 0.331 e. The molecule has 0 spiro atoms. The van der Waals surface area contributed by atoms with E-state index in [0.717, 1.165) is 18.2 Å². The Labute approximate surface area is 172 Å². The van der Waals surface area contributed by atoms with Crippen LogP contribution in [0.4, 0.5) is 22.4 Å². The number of rotatable bonds is 2. The summed E-state index contributed by atoms with van der Waals surface area (Å²) in [4.78, 5) is 64.5. The molecule has 0 bridgehead atoms. The summed E-state index contributed by atoms with van der Waals surface area (Å²) in [6.45, 7) is 0.830. The third-order valence-electron chi connectivity index (χ3n) is 6.00. The van der Waals surface area contributed by atoms with Crippen LogP contribution in [0.15, 0.2) is 0 Å². The zero-order valence-corrected chi connectivity index (χ0v) is 16.1. The molecular weight excluding hydrogens is 426 g/mol. The highest BCUT2D eigenvalue weighted by Crippen LogP contribution is 2.38. The van der Waals surface area contributed by atoms with E-state index in [0.29, 0.717) is 25.7 Å². The van der Waals surface area contributed by atoms with E-state index < -0.39 is 75.6 Å². The highest BCUT2D eigenvalue weighted by molar-refractivity contribution is 6.31. The van der Waals surface area contributed by atoms with Crippen LogP contribution in [0.3, 0.4) is 0 Å². The first-order valence-electron chi connectivity index (χ1n) is 9.47. The molecule has 0 aromatic heterocycles. The maximum Gasteiger partial charge on any atom is 0.331 e. The van der Waals surface area contributed by atoms with Gasteiger partial charge in [0.05, 0.1) is 11.1 Å². The van der Waals surface area contributed by atoms with Gasteiger partial charge in [-0.25, -0.2) is 27.3 Å². The fraction of sp³-hybridized carbons (Fsp3) is 0.421. The fourth-order valence-electron chi connectivity index (χ4n) is 4.33. The second-order valence-corrected chi connectivity index (χ2v) is 7.75. The molecule has 0 radical (unpaired) electrons. The molecule has 1 aromatic rings. The van der Waals surface area contributed by atoms with Crippen molar-refractivity contribution in [3.8, 4) is 0 Å². The van der Waals surface area contributed by atoms with E-state index in [1.807, 2.05) is 5.32 Å². The van der Waals surface area contributed by atoms with E-state index in [4.69, 9.17) is 0 Å². The number of carbonyl (C=O) groups is 5. The summed E-state index contributed by atoms with van der Waals surface area (Å²) in [6.07, 6.45) is 3.09. The van der Waals surface area contributed by atoms with E-state index >= 15 is 0 Å². The molecule has 1 aliphatic carbocycles. The smallest absolute Gasteiger partial charge is 0.275 e. The van der Waals surface area contributed by atoms with E-state index in [-0.39, 0.29) is 4.90 Å². The molecule has 1 atom stereocenters. The number of imide groups is 3. The van der Waals surface area contributed by atoms with Crippen LogP contribution in [0.1, 0.15) is 59.7 Å². The second-order valence-electron chi connectivity index (χ2n) is 7.75. The molecule has 1 N–H and O–H groups in total. The SMILES string of the molecule is CC1(N2C(=O)c3c(F)c(F)c(F)c(F)c3C2=O)C(=O)NC(=O)N(C2CCCCC2)C1=O. The van der Waals surface area contributed by atoms with Crippen molar-refractivity contribution >= 4 is 29.7 Å². The molecular formula is C19H15F4N3O5. The van der Waals surface area contributed by atoms with Crippen LogP contribution in [0.2, 0.25) is 0 Å². The van der Waals surface area contributed by atoms with E-state index in [1.165, 1.54) is 0 Å². The summed E-state index contributed by atoms with van der Waals surface area (Å²) >= 11 is 0. The van der Waals surface area contributed by atoms with Crippen molar-refractivity contribution in [2.24, 2.45) is 0 Å². The fourth-order valence-corrected chi connectivity index (χ4v) is 4.33. The Kier molecular flexibility index (Phi) is 4.63. The minimum atomic E-state index is -2.70. The monoisotopic (exact) mass is 441 g/mol. The predicted octanol–water partition coefficient (Wildman–Crippen LogP) is 2.01. The van der Waals surface area contributed by atoms with Crippen LogP contribution in [-0.4, -0.2) is 51.0 Å². The Morgan fingerprint density at radius 2 is 1.29 bits per heavy atom. The molecule has 1 saturated carbocycles. The van der Waals surface area contributed by atoms with Crippen molar-refractivity contribution in [3.63, 3.8) is 0 Å². The van der Waals surface area contributed by atoms with Crippen molar-refractivity contribution < 1.29 is 41.5 Å². The van der Waals surface area contributed by atoms with Gasteiger partial charge in [-0.05, 0) is 19.8 Å². The summed E-state index contributed by atoms with van der Waals surface area (Å²) in [6, 6.07) is -1.67. The molecule has 31 heavy (non-hydrogen) atoms. The molecule has 12 heteroatoms. The maximum atomic E-state index is 14.2. The Morgan fingerprint density at radius 1 is 0.806 bits per heavy atom. The van der Waals surface area contributed by atoms with E-state index in [2.05, 4.69) is 0 Å². The Bertz CT molecular complexity index is 1040. The number of hydrogen-bond acceptors (Lipinski definition) is 5. The number of carbonyl (C=O) groups excluding carboxylic acids is 5. The van der Waals surface area contributed by atoms with Crippen molar-refractivity contribution in [1.29, 1.82) is 0 Å². The van der Waals surface area contributed by atoms with Crippen LogP contribution in [0.25, 0.3) is 0 Å². The van der Waals surface area contributed by atoms with Crippen LogP contribution >= 0.6 is 0 Å². The summed E-state index contributed by atoms with van der Waals surface area (Å²) in [7, 11) is 0.